The number of rotatable bonds is 4. The van der Waals surface area contributed by atoms with Gasteiger partial charge in [-0.05, 0) is 38.5 Å². The Morgan fingerprint density at radius 1 is 1.10 bits per heavy atom. The van der Waals surface area contributed by atoms with Crippen molar-refractivity contribution in [2.24, 2.45) is 0 Å². The molecule has 1 saturated carbocycles. The van der Waals surface area contributed by atoms with Gasteiger partial charge in [-0.3, -0.25) is 4.90 Å². The normalized spacial score (nSPS) is 32.6. The first-order valence-electron chi connectivity index (χ1n) is 9.36. The molecule has 2 saturated heterocycles. The van der Waals surface area contributed by atoms with Gasteiger partial charge in [0.05, 0.1) is 11.7 Å². The predicted octanol–water partition coefficient (Wildman–Crippen LogP) is 3.33. The summed E-state index contributed by atoms with van der Waals surface area (Å²) in [5, 5.41) is 3.61. The molecule has 1 N–H and O–H groups in total. The van der Waals surface area contributed by atoms with Crippen LogP contribution in [-0.2, 0) is 4.74 Å². The number of piperazine rings is 1. The average molecular weight is 294 g/mol. The molecule has 3 aliphatic rings. The van der Waals surface area contributed by atoms with Crippen LogP contribution in [0.15, 0.2) is 0 Å². The fourth-order valence-corrected chi connectivity index (χ4v) is 4.95. The van der Waals surface area contributed by atoms with Crippen molar-refractivity contribution in [3.8, 4) is 0 Å². The highest BCUT2D eigenvalue weighted by atomic mass is 16.5. The lowest BCUT2D eigenvalue weighted by Gasteiger charge is -2.48. The molecule has 122 valence electrons. The summed E-state index contributed by atoms with van der Waals surface area (Å²) in [6.45, 7) is 9.33. The van der Waals surface area contributed by atoms with Crippen molar-refractivity contribution >= 4 is 0 Å². The van der Waals surface area contributed by atoms with Crippen LogP contribution in [0.25, 0.3) is 0 Å². The summed E-state index contributed by atoms with van der Waals surface area (Å²) in [7, 11) is 0. The Kier molecular flexibility index (Phi) is 4.92. The van der Waals surface area contributed by atoms with Crippen LogP contribution in [0, 0.1) is 0 Å². The molecule has 2 aliphatic heterocycles. The maximum atomic E-state index is 6.61. The second-order valence-corrected chi connectivity index (χ2v) is 7.58. The average Bonchev–Trinajstić information content (AvgIpc) is 2.91. The van der Waals surface area contributed by atoms with Gasteiger partial charge in [0.1, 0.15) is 0 Å². The minimum atomic E-state index is 0.276. The third kappa shape index (κ3) is 3.16. The molecule has 1 aliphatic carbocycles. The first kappa shape index (κ1) is 15.8. The van der Waals surface area contributed by atoms with Gasteiger partial charge >= 0.3 is 0 Å². The van der Waals surface area contributed by atoms with E-state index in [0.717, 1.165) is 19.6 Å². The third-order valence-electron chi connectivity index (χ3n) is 6.53. The minimum Gasteiger partial charge on any atom is -0.370 e. The van der Waals surface area contributed by atoms with Crippen LogP contribution in [0.5, 0.6) is 0 Å². The van der Waals surface area contributed by atoms with Gasteiger partial charge in [0.15, 0.2) is 0 Å². The van der Waals surface area contributed by atoms with Gasteiger partial charge < -0.3 is 10.1 Å². The van der Waals surface area contributed by atoms with E-state index >= 15 is 0 Å². The van der Waals surface area contributed by atoms with Crippen LogP contribution in [0.1, 0.15) is 71.6 Å². The molecule has 3 nitrogen and oxygen atoms in total. The molecule has 0 aromatic heterocycles. The SMILES string of the molecule is CCC1(CC)CNCCN1CC1CCC2(CCCCC2)O1. The quantitative estimate of drug-likeness (QED) is 0.861. The highest BCUT2D eigenvalue weighted by Crippen LogP contribution is 2.42. The highest BCUT2D eigenvalue weighted by Gasteiger charge is 2.43. The van der Waals surface area contributed by atoms with Crippen molar-refractivity contribution < 1.29 is 4.74 Å². The van der Waals surface area contributed by atoms with Crippen LogP contribution in [-0.4, -0.2) is 48.3 Å². The van der Waals surface area contributed by atoms with E-state index in [4.69, 9.17) is 4.74 Å². The highest BCUT2D eigenvalue weighted by molar-refractivity contribution is 4.97. The Hall–Kier alpha value is -0.120. The molecule has 0 aromatic rings. The zero-order valence-corrected chi connectivity index (χ0v) is 14.1. The van der Waals surface area contributed by atoms with E-state index < -0.39 is 0 Å². The van der Waals surface area contributed by atoms with Crippen molar-refractivity contribution in [2.75, 3.05) is 26.2 Å². The Labute approximate surface area is 130 Å². The second-order valence-electron chi connectivity index (χ2n) is 7.58. The van der Waals surface area contributed by atoms with Crippen molar-refractivity contribution in [2.45, 2.75) is 88.9 Å². The smallest absolute Gasteiger partial charge is 0.0710 e. The van der Waals surface area contributed by atoms with E-state index in [-0.39, 0.29) is 5.60 Å². The molecule has 1 spiro atoms. The summed E-state index contributed by atoms with van der Waals surface area (Å²) in [6.07, 6.45) is 12.4. The molecule has 3 heteroatoms. The third-order valence-corrected chi connectivity index (χ3v) is 6.53. The summed E-state index contributed by atoms with van der Waals surface area (Å²) >= 11 is 0. The van der Waals surface area contributed by atoms with Crippen LogP contribution in [0.3, 0.4) is 0 Å². The number of nitrogens with zero attached hydrogens (tertiary/aromatic N) is 1. The second kappa shape index (κ2) is 6.55. The van der Waals surface area contributed by atoms with E-state index in [2.05, 4.69) is 24.1 Å². The Balaban J connectivity index is 1.60. The standard InChI is InChI=1S/C18H34N2O/c1-3-17(4-2)15-19-12-13-20(17)14-16-8-11-18(21-16)9-6-5-7-10-18/h16,19H,3-15H2,1-2H3. The molecule has 1 unspecified atom stereocenters. The Morgan fingerprint density at radius 3 is 2.57 bits per heavy atom. The lowest BCUT2D eigenvalue weighted by Crippen LogP contribution is -2.62. The van der Waals surface area contributed by atoms with Crippen LogP contribution >= 0.6 is 0 Å². The van der Waals surface area contributed by atoms with Crippen molar-refractivity contribution in [3.05, 3.63) is 0 Å². The van der Waals surface area contributed by atoms with Crippen LogP contribution in [0.2, 0.25) is 0 Å². The molecule has 3 fully saturated rings. The molecule has 0 bridgehead atoms. The summed E-state index contributed by atoms with van der Waals surface area (Å²) in [6, 6.07) is 0. The van der Waals surface area contributed by atoms with Crippen LogP contribution in [0.4, 0.5) is 0 Å². The monoisotopic (exact) mass is 294 g/mol. The Morgan fingerprint density at radius 2 is 1.86 bits per heavy atom. The van der Waals surface area contributed by atoms with E-state index in [1.807, 2.05) is 0 Å². The summed E-state index contributed by atoms with van der Waals surface area (Å²) < 4.78 is 6.61. The molecule has 1 atom stereocenters. The molecular formula is C18H34N2O. The fraction of sp³-hybridized carbons (Fsp3) is 1.00. The van der Waals surface area contributed by atoms with Gasteiger partial charge in [-0.2, -0.15) is 0 Å². The van der Waals surface area contributed by atoms with Crippen molar-refractivity contribution in [1.82, 2.24) is 10.2 Å². The van der Waals surface area contributed by atoms with Crippen molar-refractivity contribution in [3.63, 3.8) is 0 Å². The lowest BCUT2D eigenvalue weighted by molar-refractivity contribution is -0.0849. The number of nitrogens with one attached hydrogen (secondary N) is 1. The van der Waals surface area contributed by atoms with E-state index in [9.17, 15) is 0 Å². The molecule has 0 aromatic carbocycles. The van der Waals surface area contributed by atoms with Gasteiger partial charge in [0.2, 0.25) is 0 Å². The molecule has 3 rings (SSSR count). The summed E-state index contributed by atoms with van der Waals surface area (Å²) in [5.74, 6) is 0. The lowest BCUT2D eigenvalue weighted by atomic mass is 9.83. The zero-order chi connectivity index (χ0) is 14.8. The fourth-order valence-electron chi connectivity index (χ4n) is 4.95. The number of hydrogen-bond acceptors (Lipinski definition) is 3. The van der Waals surface area contributed by atoms with Gasteiger partial charge in [-0.15, -0.1) is 0 Å². The van der Waals surface area contributed by atoms with E-state index in [1.165, 1.54) is 64.3 Å². The Bertz CT molecular complexity index is 334. The van der Waals surface area contributed by atoms with Gasteiger partial charge in [-0.25, -0.2) is 0 Å². The maximum absolute atomic E-state index is 6.61. The molecular weight excluding hydrogens is 260 g/mol. The maximum Gasteiger partial charge on any atom is 0.0710 e. The molecule has 2 heterocycles. The van der Waals surface area contributed by atoms with Crippen molar-refractivity contribution in [1.29, 1.82) is 0 Å². The molecule has 0 amide bonds. The topological polar surface area (TPSA) is 24.5 Å². The first-order valence-corrected chi connectivity index (χ1v) is 9.36. The molecule has 0 radical (unpaired) electrons. The van der Waals surface area contributed by atoms with Crippen LogP contribution < -0.4 is 5.32 Å². The van der Waals surface area contributed by atoms with E-state index in [1.54, 1.807) is 0 Å². The van der Waals surface area contributed by atoms with Gasteiger partial charge in [0, 0.05) is 31.7 Å². The zero-order valence-electron chi connectivity index (χ0n) is 14.1. The largest absolute Gasteiger partial charge is 0.370 e. The minimum absolute atomic E-state index is 0.276. The summed E-state index contributed by atoms with van der Waals surface area (Å²) in [4.78, 5) is 2.75. The predicted molar refractivity (Wildman–Crippen MR) is 87.7 cm³/mol. The number of ether oxygens (including phenoxy) is 1. The summed E-state index contributed by atoms with van der Waals surface area (Å²) in [5.41, 5.74) is 0.641. The first-order chi connectivity index (χ1) is 10.2. The van der Waals surface area contributed by atoms with Gasteiger partial charge in [-0.1, -0.05) is 33.1 Å². The van der Waals surface area contributed by atoms with Gasteiger partial charge in [0.25, 0.3) is 0 Å². The molecule has 21 heavy (non-hydrogen) atoms. The number of hydrogen-bond donors (Lipinski definition) is 1. The van der Waals surface area contributed by atoms with E-state index in [0.29, 0.717) is 11.6 Å².